The molecule has 4 saturated heterocycles. The number of hydrogen-bond acceptors (Lipinski definition) is 9. The minimum Gasteiger partial charge on any atom is -0.508 e. The molecule has 0 saturated carbocycles. The Morgan fingerprint density at radius 2 is 2.02 bits per heavy atom. The van der Waals surface area contributed by atoms with Crippen molar-refractivity contribution in [1.29, 1.82) is 0 Å². The van der Waals surface area contributed by atoms with Crippen LogP contribution < -0.4 is 15.0 Å². The van der Waals surface area contributed by atoms with E-state index in [-0.39, 0.29) is 17.3 Å². The molecule has 2 aromatic heterocycles. The maximum Gasteiger partial charge on any atom is 0.320 e. The summed E-state index contributed by atoms with van der Waals surface area (Å²) < 4.78 is 27.1. The third kappa shape index (κ3) is 4.10. The van der Waals surface area contributed by atoms with E-state index in [1.54, 1.807) is 12.1 Å². The average molecular weight is 555 g/mol. The van der Waals surface area contributed by atoms with Crippen molar-refractivity contribution < 1.29 is 18.7 Å². The molecule has 0 amide bonds. The number of nitrogens with one attached hydrogen (secondary N) is 1. The van der Waals surface area contributed by atoms with Gasteiger partial charge in [-0.3, -0.25) is 4.90 Å². The number of anilines is 1. The molecule has 4 aliphatic rings. The second-order valence-electron chi connectivity index (χ2n) is 11.9. The van der Waals surface area contributed by atoms with Gasteiger partial charge < -0.3 is 24.5 Å². The van der Waals surface area contributed by atoms with Gasteiger partial charge in [-0.15, -0.1) is 6.42 Å². The van der Waals surface area contributed by atoms with Crippen molar-refractivity contribution in [2.45, 2.75) is 55.9 Å². The Morgan fingerprint density at radius 3 is 2.85 bits per heavy atom. The van der Waals surface area contributed by atoms with Gasteiger partial charge >= 0.3 is 6.01 Å². The van der Waals surface area contributed by atoms with Crippen molar-refractivity contribution in [3.8, 4) is 35.6 Å². The Kier molecular flexibility index (Phi) is 5.63. The van der Waals surface area contributed by atoms with Crippen LogP contribution in [-0.4, -0.2) is 81.5 Å². The molecule has 6 heterocycles. The number of halogens is 1. The summed E-state index contributed by atoms with van der Waals surface area (Å²) in [6, 6.07) is 9.88. The highest BCUT2D eigenvalue weighted by atomic mass is 19.1. The van der Waals surface area contributed by atoms with E-state index >= 15 is 0 Å². The Morgan fingerprint density at radius 1 is 1.17 bits per heavy atom. The summed E-state index contributed by atoms with van der Waals surface area (Å²) in [5.74, 6) is 3.76. The van der Waals surface area contributed by atoms with Gasteiger partial charge in [0.15, 0.2) is 5.82 Å². The van der Waals surface area contributed by atoms with E-state index in [1.165, 1.54) is 0 Å². The van der Waals surface area contributed by atoms with Crippen LogP contribution in [0.3, 0.4) is 0 Å². The molecule has 4 fully saturated rings. The summed E-state index contributed by atoms with van der Waals surface area (Å²) in [5.41, 5.74) is 1.79. The third-order valence-electron chi connectivity index (χ3n) is 9.31. The Bertz CT molecular complexity index is 1710. The molecule has 210 valence electrons. The molecule has 0 spiro atoms. The van der Waals surface area contributed by atoms with Gasteiger partial charge in [0.2, 0.25) is 17.1 Å². The Labute approximate surface area is 236 Å². The molecule has 2 bridgehead atoms. The van der Waals surface area contributed by atoms with Crippen molar-refractivity contribution >= 4 is 27.8 Å². The maximum atomic E-state index is 14.4. The van der Waals surface area contributed by atoms with Gasteiger partial charge in [-0.05, 0) is 55.8 Å². The monoisotopic (exact) mass is 554 g/mol. The number of alkyl halides is 1. The number of aromatic hydroxyl groups is 1. The van der Waals surface area contributed by atoms with Crippen molar-refractivity contribution in [2.24, 2.45) is 0 Å². The highest BCUT2D eigenvalue weighted by Gasteiger charge is 2.49. The molecule has 4 aliphatic heterocycles. The molecule has 3 unspecified atom stereocenters. The zero-order valence-electron chi connectivity index (χ0n) is 22.6. The molecule has 4 atom stereocenters. The lowest BCUT2D eigenvalue weighted by Gasteiger charge is -2.33. The van der Waals surface area contributed by atoms with Crippen LogP contribution in [0.15, 0.2) is 34.7 Å². The fourth-order valence-corrected chi connectivity index (χ4v) is 7.50. The molecule has 2 aromatic carbocycles. The number of rotatable bonds is 5. The van der Waals surface area contributed by atoms with E-state index in [0.29, 0.717) is 65.7 Å². The molecule has 4 aromatic rings. The van der Waals surface area contributed by atoms with Crippen molar-refractivity contribution in [2.75, 3.05) is 37.7 Å². The number of terminal acetylenes is 1. The van der Waals surface area contributed by atoms with Crippen LogP contribution in [0.4, 0.5) is 10.2 Å². The zero-order valence-corrected chi connectivity index (χ0v) is 22.6. The largest absolute Gasteiger partial charge is 0.508 e. The van der Waals surface area contributed by atoms with Crippen LogP contribution in [0.5, 0.6) is 11.8 Å². The molecule has 41 heavy (non-hydrogen) atoms. The SMILES string of the molecule is C#Cc1cccc2cc(O)cc(-c3nc4nc(OC[C@@]56CCCN5CC(F)C6)nc(N5CC6CCC(C5)N6)c4o3)c12. The second kappa shape index (κ2) is 9.29. The Hall–Kier alpha value is -3.94. The molecule has 10 heteroatoms. The standard InChI is InChI=1S/C31H31FN6O3/c1-2-18-5-3-6-19-11-23(39)12-24(25(18)19)29-34-27-26(41-29)28(37-15-21-7-8-22(16-37)33-21)36-30(35-27)40-17-31-9-4-10-38(31)14-20(32)13-31/h1,3,5-6,11-12,20-22,33,39H,4,7-10,13-17H2/t20?,21?,22?,31-/m0/s1. The summed E-state index contributed by atoms with van der Waals surface area (Å²) >= 11 is 0. The van der Waals surface area contributed by atoms with Crippen LogP contribution in [0, 0.1) is 12.3 Å². The third-order valence-corrected chi connectivity index (χ3v) is 9.31. The van der Waals surface area contributed by atoms with Crippen LogP contribution in [-0.2, 0) is 0 Å². The number of ether oxygens (including phenoxy) is 1. The second-order valence-corrected chi connectivity index (χ2v) is 11.9. The van der Waals surface area contributed by atoms with Gasteiger partial charge in [0.1, 0.15) is 18.5 Å². The molecule has 2 N–H and O–H groups in total. The van der Waals surface area contributed by atoms with Crippen LogP contribution in [0.1, 0.15) is 37.7 Å². The number of oxazole rings is 1. The van der Waals surface area contributed by atoms with E-state index < -0.39 is 6.17 Å². The van der Waals surface area contributed by atoms with Gasteiger partial charge in [0, 0.05) is 54.7 Å². The smallest absolute Gasteiger partial charge is 0.320 e. The van der Waals surface area contributed by atoms with Gasteiger partial charge in [-0.25, -0.2) is 4.39 Å². The predicted molar refractivity (Wildman–Crippen MR) is 153 cm³/mol. The lowest BCUT2D eigenvalue weighted by atomic mass is 9.95. The first-order chi connectivity index (χ1) is 20.0. The topological polar surface area (TPSA) is 99.8 Å². The molecular formula is C31H31FN6O3. The fraction of sp³-hybridized carbons (Fsp3) is 0.452. The highest BCUT2D eigenvalue weighted by Crippen LogP contribution is 2.41. The normalized spacial score (nSPS) is 27.5. The minimum absolute atomic E-state index is 0.0843. The van der Waals surface area contributed by atoms with E-state index in [2.05, 4.69) is 26.0 Å². The number of aromatic nitrogens is 3. The van der Waals surface area contributed by atoms with E-state index in [1.807, 2.05) is 18.2 Å². The quantitative estimate of drug-likeness (QED) is 0.355. The van der Waals surface area contributed by atoms with Crippen LogP contribution in [0.25, 0.3) is 33.5 Å². The summed E-state index contributed by atoms with van der Waals surface area (Å²) in [4.78, 5) is 18.8. The Balaban J connectivity index is 1.23. The average Bonchev–Trinajstić information content (AvgIpc) is 3.72. The van der Waals surface area contributed by atoms with E-state index in [9.17, 15) is 9.50 Å². The first kappa shape index (κ1) is 24.8. The first-order valence-electron chi connectivity index (χ1n) is 14.4. The molecular weight excluding hydrogens is 523 g/mol. The predicted octanol–water partition coefficient (Wildman–Crippen LogP) is 4.02. The number of nitrogens with zero attached hydrogens (tertiary/aromatic N) is 5. The number of phenols is 1. The maximum absolute atomic E-state index is 14.4. The number of piperazine rings is 1. The van der Waals surface area contributed by atoms with Gasteiger partial charge in [0.25, 0.3) is 0 Å². The van der Waals surface area contributed by atoms with Crippen molar-refractivity contribution in [3.63, 3.8) is 0 Å². The minimum atomic E-state index is -0.836. The van der Waals surface area contributed by atoms with E-state index in [0.717, 1.165) is 56.1 Å². The molecule has 0 radical (unpaired) electrons. The molecule has 0 aliphatic carbocycles. The van der Waals surface area contributed by atoms with Gasteiger partial charge in [-0.1, -0.05) is 18.1 Å². The summed E-state index contributed by atoms with van der Waals surface area (Å²) in [6.45, 7) is 3.26. The first-order valence-corrected chi connectivity index (χ1v) is 14.4. The summed E-state index contributed by atoms with van der Waals surface area (Å²) in [6.07, 6.45) is 9.65. The highest BCUT2D eigenvalue weighted by molar-refractivity contribution is 6.01. The van der Waals surface area contributed by atoms with Gasteiger partial charge in [0.05, 0.1) is 5.54 Å². The summed E-state index contributed by atoms with van der Waals surface area (Å²) in [7, 11) is 0. The summed E-state index contributed by atoms with van der Waals surface area (Å²) in [5, 5.41) is 15.8. The van der Waals surface area contributed by atoms with Gasteiger partial charge in [-0.2, -0.15) is 15.0 Å². The number of benzene rings is 2. The van der Waals surface area contributed by atoms with Crippen LogP contribution in [0.2, 0.25) is 0 Å². The lowest BCUT2D eigenvalue weighted by molar-refractivity contribution is 0.107. The number of phenolic OH excluding ortho intramolecular Hbond substituents is 1. The molecule has 9 nitrogen and oxygen atoms in total. The van der Waals surface area contributed by atoms with Crippen molar-refractivity contribution in [1.82, 2.24) is 25.2 Å². The lowest BCUT2D eigenvalue weighted by Crippen LogP contribution is -2.51. The van der Waals surface area contributed by atoms with Crippen molar-refractivity contribution in [3.05, 3.63) is 35.9 Å². The zero-order chi connectivity index (χ0) is 27.7. The number of fused-ring (bicyclic) bond motifs is 5. The van der Waals surface area contributed by atoms with Crippen LogP contribution >= 0.6 is 0 Å². The number of hydrogen-bond donors (Lipinski definition) is 2. The van der Waals surface area contributed by atoms with E-state index in [4.69, 9.17) is 25.5 Å². The molecule has 8 rings (SSSR count). The fourth-order valence-electron chi connectivity index (χ4n) is 7.50.